The molecule has 1 aromatic heterocycles. The first kappa shape index (κ1) is 13.7. The molecule has 0 spiro atoms. The summed E-state index contributed by atoms with van der Waals surface area (Å²) in [5.74, 6) is 0.317. The highest BCUT2D eigenvalue weighted by Crippen LogP contribution is 2.20. The van der Waals surface area contributed by atoms with Crippen LogP contribution in [0.15, 0.2) is 54.7 Å². The molecule has 3 rings (SSSR count). The Morgan fingerprint density at radius 1 is 1.05 bits per heavy atom. The number of nitrogens with zero attached hydrogens (tertiary/aromatic N) is 1. The monoisotopic (exact) mass is 280 g/mol. The molecule has 3 nitrogen and oxygen atoms in total. The van der Waals surface area contributed by atoms with Gasteiger partial charge in [-0.1, -0.05) is 25.1 Å². The van der Waals surface area contributed by atoms with Gasteiger partial charge in [0.2, 0.25) is 0 Å². The molecule has 0 radical (unpaired) electrons. The molecule has 0 aliphatic carbocycles. The molecule has 3 aromatic rings. The second-order valence-electron chi connectivity index (χ2n) is 5.29. The predicted molar refractivity (Wildman–Crippen MR) is 86.5 cm³/mol. The van der Waals surface area contributed by atoms with E-state index in [0.717, 1.165) is 25.2 Å². The Kier molecular flexibility index (Phi) is 3.93. The van der Waals surface area contributed by atoms with Gasteiger partial charge in [-0.15, -0.1) is 0 Å². The van der Waals surface area contributed by atoms with Crippen LogP contribution in [0.5, 0.6) is 5.75 Å². The van der Waals surface area contributed by atoms with Gasteiger partial charge in [-0.2, -0.15) is 0 Å². The van der Waals surface area contributed by atoms with E-state index in [0.29, 0.717) is 5.75 Å². The molecule has 0 aliphatic rings. The summed E-state index contributed by atoms with van der Waals surface area (Å²) in [5, 5.41) is 14.2. The average molecular weight is 280 g/mol. The number of hydrogen-bond acceptors (Lipinski definition) is 2. The first-order valence-electron chi connectivity index (χ1n) is 7.32. The zero-order valence-electron chi connectivity index (χ0n) is 12.2. The lowest BCUT2D eigenvalue weighted by Crippen LogP contribution is -2.11. The summed E-state index contributed by atoms with van der Waals surface area (Å²) >= 11 is 0. The molecule has 0 bridgehead atoms. The molecular formula is C18H20N2O. The van der Waals surface area contributed by atoms with Gasteiger partial charge in [-0.05, 0) is 53.4 Å². The molecule has 0 amide bonds. The molecule has 0 aliphatic heterocycles. The van der Waals surface area contributed by atoms with Crippen molar-refractivity contribution in [1.82, 2.24) is 9.88 Å². The Morgan fingerprint density at radius 3 is 2.76 bits per heavy atom. The Labute approximate surface area is 124 Å². The summed E-state index contributed by atoms with van der Waals surface area (Å²) in [6.45, 7) is 4.77. The summed E-state index contributed by atoms with van der Waals surface area (Å²) < 4.78 is 2.21. The van der Waals surface area contributed by atoms with Gasteiger partial charge in [-0.3, -0.25) is 0 Å². The van der Waals surface area contributed by atoms with E-state index in [4.69, 9.17) is 0 Å². The SMILES string of the molecule is CCNCc1ccc2c(ccn2Cc2cccc(O)c2)c1. The van der Waals surface area contributed by atoms with Gasteiger partial charge in [0, 0.05) is 24.8 Å². The third kappa shape index (κ3) is 3.09. The summed E-state index contributed by atoms with van der Waals surface area (Å²) in [5.41, 5.74) is 3.63. The van der Waals surface area contributed by atoms with E-state index in [1.807, 2.05) is 18.2 Å². The maximum Gasteiger partial charge on any atom is 0.115 e. The van der Waals surface area contributed by atoms with Crippen LogP contribution in [0.1, 0.15) is 18.1 Å². The minimum absolute atomic E-state index is 0.317. The van der Waals surface area contributed by atoms with E-state index in [1.54, 1.807) is 6.07 Å². The molecular weight excluding hydrogens is 260 g/mol. The molecule has 0 fully saturated rings. The number of rotatable bonds is 5. The van der Waals surface area contributed by atoms with Crippen molar-refractivity contribution in [2.75, 3.05) is 6.54 Å². The Morgan fingerprint density at radius 2 is 1.95 bits per heavy atom. The number of phenolic OH excluding ortho intramolecular Hbond substituents is 1. The first-order chi connectivity index (χ1) is 10.3. The number of hydrogen-bond donors (Lipinski definition) is 2. The Bertz CT molecular complexity index is 746. The highest BCUT2D eigenvalue weighted by Gasteiger charge is 2.03. The van der Waals surface area contributed by atoms with Crippen LogP contribution in [0.25, 0.3) is 10.9 Å². The fraction of sp³-hybridized carbons (Fsp3) is 0.222. The molecule has 3 heteroatoms. The highest BCUT2D eigenvalue weighted by molar-refractivity contribution is 5.81. The van der Waals surface area contributed by atoms with Crippen LogP contribution < -0.4 is 5.32 Å². The van der Waals surface area contributed by atoms with Crippen LogP contribution >= 0.6 is 0 Å². The smallest absolute Gasteiger partial charge is 0.115 e. The van der Waals surface area contributed by atoms with Crippen LogP contribution in [0.3, 0.4) is 0 Å². The van der Waals surface area contributed by atoms with E-state index in [9.17, 15) is 5.11 Å². The zero-order chi connectivity index (χ0) is 14.7. The first-order valence-corrected chi connectivity index (χ1v) is 7.32. The Balaban J connectivity index is 1.86. The molecule has 0 saturated carbocycles. The van der Waals surface area contributed by atoms with Crippen LogP contribution in [0.2, 0.25) is 0 Å². The van der Waals surface area contributed by atoms with Gasteiger partial charge in [0.1, 0.15) is 5.75 Å². The quantitative estimate of drug-likeness (QED) is 0.750. The maximum atomic E-state index is 9.56. The fourth-order valence-electron chi connectivity index (χ4n) is 2.62. The van der Waals surface area contributed by atoms with Crippen molar-refractivity contribution in [3.05, 3.63) is 65.9 Å². The molecule has 0 atom stereocenters. The lowest BCUT2D eigenvalue weighted by Gasteiger charge is -2.07. The highest BCUT2D eigenvalue weighted by atomic mass is 16.3. The van der Waals surface area contributed by atoms with Gasteiger partial charge < -0.3 is 15.0 Å². The minimum Gasteiger partial charge on any atom is -0.508 e. The molecule has 2 aromatic carbocycles. The van der Waals surface area contributed by atoms with E-state index in [1.165, 1.54) is 16.5 Å². The topological polar surface area (TPSA) is 37.2 Å². The number of nitrogens with one attached hydrogen (secondary N) is 1. The number of phenols is 1. The molecule has 0 saturated heterocycles. The number of aromatic nitrogens is 1. The lowest BCUT2D eigenvalue weighted by molar-refractivity contribution is 0.474. The third-order valence-electron chi connectivity index (χ3n) is 3.68. The standard InChI is InChI=1S/C18H20N2O/c1-2-19-12-14-6-7-18-16(10-14)8-9-20(18)13-15-4-3-5-17(21)11-15/h3-11,19,21H,2,12-13H2,1H3. The van der Waals surface area contributed by atoms with E-state index in [-0.39, 0.29) is 0 Å². The molecule has 1 heterocycles. The van der Waals surface area contributed by atoms with Crippen molar-refractivity contribution >= 4 is 10.9 Å². The fourth-order valence-corrected chi connectivity index (χ4v) is 2.62. The van der Waals surface area contributed by atoms with Crippen LogP contribution in [0.4, 0.5) is 0 Å². The maximum absolute atomic E-state index is 9.56. The van der Waals surface area contributed by atoms with Crippen molar-refractivity contribution in [2.45, 2.75) is 20.0 Å². The normalized spacial score (nSPS) is 11.1. The largest absolute Gasteiger partial charge is 0.508 e. The average Bonchev–Trinajstić information content (AvgIpc) is 2.87. The Hall–Kier alpha value is -2.26. The summed E-state index contributed by atoms with van der Waals surface area (Å²) in [4.78, 5) is 0. The van der Waals surface area contributed by atoms with Gasteiger partial charge in [0.15, 0.2) is 0 Å². The zero-order valence-corrected chi connectivity index (χ0v) is 12.2. The number of benzene rings is 2. The molecule has 0 unspecified atom stereocenters. The summed E-state index contributed by atoms with van der Waals surface area (Å²) in [7, 11) is 0. The van der Waals surface area contributed by atoms with Crippen LogP contribution in [-0.2, 0) is 13.1 Å². The second-order valence-corrected chi connectivity index (χ2v) is 5.29. The predicted octanol–water partition coefficient (Wildman–Crippen LogP) is 3.50. The molecule has 21 heavy (non-hydrogen) atoms. The van der Waals surface area contributed by atoms with Crippen molar-refractivity contribution < 1.29 is 5.11 Å². The number of aromatic hydroxyl groups is 1. The van der Waals surface area contributed by atoms with E-state index >= 15 is 0 Å². The van der Waals surface area contributed by atoms with Crippen LogP contribution in [-0.4, -0.2) is 16.2 Å². The summed E-state index contributed by atoms with van der Waals surface area (Å²) in [6, 6.07) is 16.1. The van der Waals surface area contributed by atoms with E-state index < -0.39 is 0 Å². The van der Waals surface area contributed by atoms with E-state index in [2.05, 4.69) is 47.3 Å². The van der Waals surface area contributed by atoms with Crippen molar-refractivity contribution in [3.8, 4) is 5.75 Å². The second kappa shape index (κ2) is 6.02. The van der Waals surface area contributed by atoms with Crippen molar-refractivity contribution in [3.63, 3.8) is 0 Å². The molecule has 2 N–H and O–H groups in total. The van der Waals surface area contributed by atoms with Gasteiger partial charge >= 0.3 is 0 Å². The van der Waals surface area contributed by atoms with Crippen molar-refractivity contribution in [2.24, 2.45) is 0 Å². The molecule has 108 valence electrons. The number of fused-ring (bicyclic) bond motifs is 1. The lowest BCUT2D eigenvalue weighted by atomic mass is 10.1. The van der Waals surface area contributed by atoms with Gasteiger partial charge in [0.25, 0.3) is 0 Å². The van der Waals surface area contributed by atoms with Gasteiger partial charge in [-0.25, -0.2) is 0 Å². The van der Waals surface area contributed by atoms with Crippen LogP contribution in [0, 0.1) is 0 Å². The minimum atomic E-state index is 0.317. The van der Waals surface area contributed by atoms with Crippen molar-refractivity contribution in [1.29, 1.82) is 0 Å². The van der Waals surface area contributed by atoms with Gasteiger partial charge in [0.05, 0.1) is 0 Å². The third-order valence-corrected chi connectivity index (χ3v) is 3.68. The summed E-state index contributed by atoms with van der Waals surface area (Å²) in [6.07, 6.45) is 2.10.